The molecule has 2 rings (SSSR count). The Morgan fingerprint density at radius 3 is 3.18 bits per heavy atom. The van der Waals surface area contributed by atoms with E-state index in [4.69, 9.17) is 0 Å². The van der Waals surface area contributed by atoms with E-state index in [2.05, 4.69) is 44.9 Å². The van der Waals surface area contributed by atoms with Crippen molar-refractivity contribution in [2.45, 2.75) is 6.92 Å². The highest BCUT2D eigenvalue weighted by molar-refractivity contribution is 14.1. The van der Waals surface area contributed by atoms with Crippen molar-refractivity contribution in [3.63, 3.8) is 0 Å². The SMILES string of the molecule is Cc1snc2cnc(I)cc12. The third-order valence-electron chi connectivity index (χ3n) is 1.51. The first-order chi connectivity index (χ1) is 5.27. The third kappa shape index (κ3) is 1.24. The minimum absolute atomic E-state index is 1.01. The summed E-state index contributed by atoms with van der Waals surface area (Å²) in [5.74, 6) is 0. The van der Waals surface area contributed by atoms with Gasteiger partial charge in [-0.3, -0.25) is 0 Å². The molecule has 2 aromatic rings. The van der Waals surface area contributed by atoms with Gasteiger partial charge >= 0.3 is 0 Å². The lowest BCUT2D eigenvalue weighted by atomic mass is 10.3. The van der Waals surface area contributed by atoms with Crippen LogP contribution in [0, 0.1) is 10.6 Å². The van der Waals surface area contributed by atoms with Crippen LogP contribution in [-0.4, -0.2) is 9.36 Å². The molecule has 11 heavy (non-hydrogen) atoms. The van der Waals surface area contributed by atoms with E-state index in [1.54, 1.807) is 0 Å². The van der Waals surface area contributed by atoms with Gasteiger partial charge in [0, 0.05) is 10.3 Å². The van der Waals surface area contributed by atoms with Crippen LogP contribution in [0.15, 0.2) is 12.3 Å². The zero-order valence-corrected chi connectivity index (χ0v) is 8.81. The van der Waals surface area contributed by atoms with Crippen LogP contribution in [0.3, 0.4) is 0 Å². The van der Waals surface area contributed by atoms with Crippen LogP contribution in [0.5, 0.6) is 0 Å². The molecule has 2 nitrogen and oxygen atoms in total. The molecular weight excluding hydrogens is 271 g/mol. The lowest BCUT2D eigenvalue weighted by Crippen LogP contribution is -1.78. The molecule has 0 amide bonds. The summed E-state index contributed by atoms with van der Waals surface area (Å²) in [5.41, 5.74) is 1.01. The third-order valence-corrected chi connectivity index (χ3v) is 2.88. The highest BCUT2D eigenvalue weighted by Crippen LogP contribution is 2.21. The van der Waals surface area contributed by atoms with Crippen molar-refractivity contribution >= 4 is 45.0 Å². The van der Waals surface area contributed by atoms with Gasteiger partial charge in [0.25, 0.3) is 0 Å². The molecule has 0 spiro atoms. The molecule has 4 heteroatoms. The van der Waals surface area contributed by atoms with Gasteiger partial charge in [-0.05, 0) is 47.1 Å². The Bertz CT molecular complexity index is 396. The van der Waals surface area contributed by atoms with Gasteiger partial charge in [-0.15, -0.1) is 0 Å². The molecule has 2 heterocycles. The predicted octanol–water partition coefficient (Wildman–Crippen LogP) is 2.60. The summed E-state index contributed by atoms with van der Waals surface area (Å²) in [7, 11) is 0. The first-order valence-electron chi connectivity index (χ1n) is 3.15. The van der Waals surface area contributed by atoms with Gasteiger partial charge in [-0.1, -0.05) is 0 Å². The molecular formula is C7H5IN2S. The molecule has 0 radical (unpaired) electrons. The molecule has 0 unspecified atom stereocenters. The zero-order valence-electron chi connectivity index (χ0n) is 5.84. The number of nitrogens with zero attached hydrogens (tertiary/aromatic N) is 2. The Morgan fingerprint density at radius 1 is 1.55 bits per heavy atom. The molecule has 0 bridgehead atoms. The van der Waals surface area contributed by atoms with Crippen molar-refractivity contribution in [2.75, 3.05) is 0 Å². The molecule has 0 fully saturated rings. The molecule has 0 aromatic carbocycles. The highest BCUT2D eigenvalue weighted by Gasteiger charge is 2.01. The molecule has 0 aliphatic rings. The Balaban J connectivity index is 2.87. The summed E-state index contributed by atoms with van der Waals surface area (Å²) in [6.07, 6.45) is 1.82. The second-order valence-electron chi connectivity index (χ2n) is 2.26. The van der Waals surface area contributed by atoms with Crippen molar-refractivity contribution in [3.05, 3.63) is 20.8 Å². The second kappa shape index (κ2) is 2.67. The van der Waals surface area contributed by atoms with Crippen LogP contribution in [-0.2, 0) is 0 Å². The lowest BCUT2D eigenvalue weighted by Gasteiger charge is -1.89. The number of pyridine rings is 1. The van der Waals surface area contributed by atoms with Gasteiger partial charge < -0.3 is 0 Å². The zero-order chi connectivity index (χ0) is 7.84. The molecule has 0 aliphatic heterocycles. The van der Waals surface area contributed by atoms with E-state index in [1.807, 2.05) is 6.20 Å². The standard InChI is InChI=1S/C7H5IN2S/c1-4-5-2-7(8)9-3-6(5)10-11-4/h2-3H,1H3. The summed E-state index contributed by atoms with van der Waals surface area (Å²) >= 11 is 3.74. The molecule has 0 atom stereocenters. The number of rotatable bonds is 0. The summed E-state index contributed by atoms with van der Waals surface area (Å²) in [4.78, 5) is 5.42. The molecule has 0 saturated heterocycles. The molecule has 56 valence electrons. The van der Waals surface area contributed by atoms with Crippen LogP contribution in [0.1, 0.15) is 4.88 Å². The van der Waals surface area contributed by atoms with Gasteiger partial charge in [0.15, 0.2) is 0 Å². The topological polar surface area (TPSA) is 25.8 Å². The number of aromatic nitrogens is 2. The number of aryl methyl sites for hydroxylation is 1. The smallest absolute Gasteiger partial charge is 0.103 e. The maximum absolute atomic E-state index is 4.24. The highest BCUT2D eigenvalue weighted by atomic mass is 127. The van der Waals surface area contributed by atoms with Crippen LogP contribution in [0.2, 0.25) is 0 Å². The fourth-order valence-corrected chi connectivity index (χ4v) is 2.04. The Kier molecular flexibility index (Phi) is 1.80. The quantitative estimate of drug-likeness (QED) is 0.546. The van der Waals surface area contributed by atoms with E-state index < -0.39 is 0 Å². The van der Waals surface area contributed by atoms with Gasteiger partial charge in [0.2, 0.25) is 0 Å². The number of halogens is 1. The van der Waals surface area contributed by atoms with E-state index in [0.717, 1.165) is 9.22 Å². The maximum atomic E-state index is 4.24. The van der Waals surface area contributed by atoms with Crippen molar-refractivity contribution in [1.82, 2.24) is 9.36 Å². The van der Waals surface area contributed by atoms with E-state index >= 15 is 0 Å². The summed E-state index contributed by atoms with van der Waals surface area (Å²) in [5, 5.41) is 1.23. The fourth-order valence-electron chi connectivity index (χ4n) is 0.944. The van der Waals surface area contributed by atoms with E-state index in [1.165, 1.54) is 21.8 Å². The van der Waals surface area contributed by atoms with Crippen LogP contribution < -0.4 is 0 Å². The summed E-state index contributed by atoms with van der Waals surface area (Å²) in [6, 6.07) is 2.06. The average Bonchev–Trinajstić information content (AvgIpc) is 2.33. The van der Waals surface area contributed by atoms with Crippen molar-refractivity contribution in [3.8, 4) is 0 Å². The van der Waals surface area contributed by atoms with Gasteiger partial charge in [0.1, 0.15) is 9.22 Å². The summed E-state index contributed by atoms with van der Waals surface area (Å²) in [6.45, 7) is 2.08. The van der Waals surface area contributed by atoms with Crippen LogP contribution >= 0.6 is 34.1 Å². The number of hydrogen-bond acceptors (Lipinski definition) is 3. The van der Waals surface area contributed by atoms with E-state index in [9.17, 15) is 0 Å². The minimum atomic E-state index is 1.01. The van der Waals surface area contributed by atoms with Crippen molar-refractivity contribution in [2.24, 2.45) is 0 Å². The first-order valence-corrected chi connectivity index (χ1v) is 5.00. The normalized spacial score (nSPS) is 10.7. The Hall–Kier alpha value is -0.230. The molecule has 0 saturated carbocycles. The largest absolute Gasteiger partial charge is 0.248 e. The molecule has 0 N–H and O–H groups in total. The van der Waals surface area contributed by atoms with Gasteiger partial charge in [-0.2, -0.15) is 4.37 Å². The van der Waals surface area contributed by atoms with Crippen LogP contribution in [0.4, 0.5) is 0 Å². The van der Waals surface area contributed by atoms with Crippen LogP contribution in [0.25, 0.3) is 10.9 Å². The number of hydrogen-bond donors (Lipinski definition) is 0. The maximum Gasteiger partial charge on any atom is 0.103 e. The van der Waals surface area contributed by atoms with E-state index in [-0.39, 0.29) is 0 Å². The molecule has 0 aliphatic carbocycles. The molecule has 2 aromatic heterocycles. The first kappa shape index (κ1) is 7.42. The van der Waals surface area contributed by atoms with Crippen molar-refractivity contribution in [1.29, 1.82) is 0 Å². The minimum Gasteiger partial charge on any atom is -0.248 e. The van der Waals surface area contributed by atoms with Gasteiger partial charge in [-0.25, -0.2) is 4.98 Å². The van der Waals surface area contributed by atoms with Gasteiger partial charge in [0.05, 0.1) is 6.20 Å². The Morgan fingerprint density at radius 2 is 2.36 bits per heavy atom. The van der Waals surface area contributed by atoms with E-state index in [0.29, 0.717) is 0 Å². The van der Waals surface area contributed by atoms with Crippen molar-refractivity contribution < 1.29 is 0 Å². The average molecular weight is 276 g/mol. The summed E-state index contributed by atoms with van der Waals surface area (Å²) < 4.78 is 5.26. The predicted molar refractivity (Wildman–Crippen MR) is 54.9 cm³/mol. The Labute approximate surface area is 82.0 Å². The number of fused-ring (bicyclic) bond motifs is 1. The fraction of sp³-hybridized carbons (Fsp3) is 0.143. The second-order valence-corrected chi connectivity index (χ2v) is 4.35. The lowest BCUT2D eigenvalue weighted by molar-refractivity contribution is 1.29. The monoisotopic (exact) mass is 276 g/mol.